The lowest BCUT2D eigenvalue weighted by molar-refractivity contribution is 0.0634. The van der Waals surface area contributed by atoms with Gasteiger partial charge in [-0.25, -0.2) is 0 Å². The Hall–Kier alpha value is -1.91. The van der Waals surface area contributed by atoms with Crippen molar-refractivity contribution in [2.24, 2.45) is 0 Å². The number of carbonyl (C=O) groups excluding carboxylic acids is 1. The fraction of sp³-hybridized carbons (Fsp3) is 0.294. The number of piperazine rings is 1. The van der Waals surface area contributed by atoms with Crippen LogP contribution in [-0.2, 0) is 0 Å². The van der Waals surface area contributed by atoms with Gasteiger partial charge < -0.3 is 10.2 Å². The summed E-state index contributed by atoms with van der Waals surface area (Å²) in [6.45, 7) is 4.13. The van der Waals surface area contributed by atoms with E-state index in [1.165, 1.54) is 0 Å². The zero-order chi connectivity index (χ0) is 15.5. The first-order valence-electron chi connectivity index (χ1n) is 7.34. The Kier molecular flexibility index (Phi) is 4.41. The minimum atomic E-state index is 0.00549. The monoisotopic (exact) mass is 315 g/mol. The first-order chi connectivity index (χ1) is 10.7. The van der Waals surface area contributed by atoms with Gasteiger partial charge in [0.05, 0.1) is 6.04 Å². The summed E-state index contributed by atoms with van der Waals surface area (Å²) in [5.41, 5.74) is 2.65. The lowest BCUT2D eigenvalue weighted by Gasteiger charge is -2.36. The minimum Gasteiger partial charge on any atom is -0.329 e. The number of benzene rings is 1. The van der Waals surface area contributed by atoms with Crippen molar-refractivity contribution in [2.75, 3.05) is 19.6 Å². The van der Waals surface area contributed by atoms with Crippen molar-refractivity contribution in [3.8, 4) is 0 Å². The first-order valence-corrected chi connectivity index (χ1v) is 7.72. The summed E-state index contributed by atoms with van der Waals surface area (Å²) >= 11 is 6.05. The minimum absolute atomic E-state index is 0.00549. The maximum absolute atomic E-state index is 12.9. The Bertz CT molecular complexity index is 675. The van der Waals surface area contributed by atoms with Crippen LogP contribution in [0.1, 0.15) is 27.5 Å². The van der Waals surface area contributed by atoms with E-state index < -0.39 is 0 Å². The number of halogens is 1. The summed E-state index contributed by atoms with van der Waals surface area (Å²) in [5, 5.41) is 4.03. The molecular formula is C17H18ClN3O. The van der Waals surface area contributed by atoms with Crippen LogP contribution in [0.2, 0.25) is 5.02 Å². The number of aryl methyl sites for hydroxylation is 1. The molecule has 114 valence electrons. The second-order valence-corrected chi connectivity index (χ2v) is 5.88. The topological polar surface area (TPSA) is 45.2 Å². The summed E-state index contributed by atoms with van der Waals surface area (Å²) in [6, 6.07) is 9.35. The molecule has 1 aliphatic rings. The van der Waals surface area contributed by atoms with Crippen LogP contribution in [0.15, 0.2) is 42.7 Å². The van der Waals surface area contributed by atoms with Crippen LogP contribution >= 0.6 is 11.6 Å². The molecule has 0 saturated carbocycles. The van der Waals surface area contributed by atoms with E-state index in [1.54, 1.807) is 18.3 Å². The summed E-state index contributed by atoms with van der Waals surface area (Å²) in [6.07, 6.45) is 3.57. The molecule has 1 saturated heterocycles. The molecule has 4 nitrogen and oxygen atoms in total. The number of amides is 1. The molecule has 22 heavy (non-hydrogen) atoms. The van der Waals surface area contributed by atoms with Gasteiger partial charge in [0.2, 0.25) is 0 Å². The molecule has 1 aliphatic heterocycles. The molecule has 5 heteroatoms. The molecule has 1 atom stereocenters. The number of hydrogen-bond acceptors (Lipinski definition) is 3. The average molecular weight is 316 g/mol. The van der Waals surface area contributed by atoms with Gasteiger partial charge >= 0.3 is 0 Å². The SMILES string of the molecule is Cc1cc(C(=O)N2CCNCC2c2cccnc2)ccc1Cl. The van der Waals surface area contributed by atoms with E-state index in [1.807, 2.05) is 36.2 Å². The van der Waals surface area contributed by atoms with E-state index in [2.05, 4.69) is 10.3 Å². The van der Waals surface area contributed by atoms with Crippen LogP contribution < -0.4 is 5.32 Å². The van der Waals surface area contributed by atoms with Gasteiger partial charge in [0, 0.05) is 42.6 Å². The van der Waals surface area contributed by atoms with Gasteiger partial charge in [0.25, 0.3) is 5.91 Å². The Morgan fingerprint density at radius 2 is 2.27 bits per heavy atom. The van der Waals surface area contributed by atoms with E-state index in [4.69, 9.17) is 11.6 Å². The van der Waals surface area contributed by atoms with Gasteiger partial charge in [-0.2, -0.15) is 0 Å². The van der Waals surface area contributed by atoms with Gasteiger partial charge in [-0.3, -0.25) is 9.78 Å². The number of hydrogen-bond donors (Lipinski definition) is 1. The van der Waals surface area contributed by atoms with Gasteiger partial charge in [0.1, 0.15) is 0 Å². The molecule has 0 radical (unpaired) electrons. The summed E-state index contributed by atoms with van der Waals surface area (Å²) < 4.78 is 0. The van der Waals surface area contributed by atoms with Gasteiger partial charge in [-0.1, -0.05) is 17.7 Å². The standard InChI is InChI=1S/C17H18ClN3O/c1-12-9-13(4-5-15(12)18)17(22)21-8-7-20-11-16(21)14-3-2-6-19-10-14/h2-6,9-10,16,20H,7-8,11H2,1H3. The molecular weight excluding hydrogens is 298 g/mol. The van der Waals surface area contributed by atoms with E-state index in [-0.39, 0.29) is 11.9 Å². The van der Waals surface area contributed by atoms with E-state index in [0.29, 0.717) is 17.1 Å². The van der Waals surface area contributed by atoms with Crippen molar-refractivity contribution >= 4 is 17.5 Å². The Labute approximate surface area is 135 Å². The van der Waals surface area contributed by atoms with Crippen LogP contribution in [0.3, 0.4) is 0 Å². The molecule has 2 heterocycles. The molecule has 1 unspecified atom stereocenters. The number of nitrogens with zero attached hydrogens (tertiary/aromatic N) is 2. The van der Waals surface area contributed by atoms with Gasteiger partial charge in [-0.15, -0.1) is 0 Å². The van der Waals surface area contributed by atoms with Crippen LogP contribution in [-0.4, -0.2) is 35.4 Å². The third-order valence-electron chi connectivity index (χ3n) is 3.98. The van der Waals surface area contributed by atoms with E-state index in [0.717, 1.165) is 24.2 Å². The highest BCUT2D eigenvalue weighted by atomic mass is 35.5. The molecule has 0 bridgehead atoms. The number of aromatic nitrogens is 1. The normalized spacial score (nSPS) is 18.3. The second kappa shape index (κ2) is 6.46. The molecule has 1 fully saturated rings. The van der Waals surface area contributed by atoms with Crippen LogP contribution in [0.4, 0.5) is 0 Å². The van der Waals surface area contributed by atoms with Crippen LogP contribution in [0.25, 0.3) is 0 Å². The maximum atomic E-state index is 12.9. The molecule has 1 aromatic carbocycles. The predicted octanol–water partition coefficient (Wildman–Crippen LogP) is 2.83. The highest BCUT2D eigenvalue weighted by Crippen LogP contribution is 2.25. The third-order valence-corrected chi connectivity index (χ3v) is 4.40. The molecule has 0 aliphatic carbocycles. The number of nitrogens with one attached hydrogen (secondary N) is 1. The third kappa shape index (κ3) is 2.98. The quantitative estimate of drug-likeness (QED) is 0.927. The Morgan fingerprint density at radius 1 is 1.41 bits per heavy atom. The number of carbonyl (C=O) groups is 1. The average Bonchev–Trinajstić information content (AvgIpc) is 2.57. The van der Waals surface area contributed by atoms with Crippen LogP contribution in [0, 0.1) is 6.92 Å². The van der Waals surface area contributed by atoms with Crippen LogP contribution in [0.5, 0.6) is 0 Å². The molecule has 1 N–H and O–H groups in total. The fourth-order valence-electron chi connectivity index (χ4n) is 2.76. The maximum Gasteiger partial charge on any atom is 0.254 e. The van der Waals surface area contributed by atoms with Gasteiger partial charge in [0.15, 0.2) is 0 Å². The molecule has 1 aromatic heterocycles. The number of rotatable bonds is 2. The largest absolute Gasteiger partial charge is 0.329 e. The Morgan fingerprint density at radius 3 is 3.00 bits per heavy atom. The van der Waals surface area contributed by atoms with E-state index >= 15 is 0 Å². The summed E-state index contributed by atoms with van der Waals surface area (Å²) in [5.74, 6) is 0.0371. The predicted molar refractivity (Wildman–Crippen MR) is 87.1 cm³/mol. The molecule has 2 aromatic rings. The zero-order valence-electron chi connectivity index (χ0n) is 12.4. The second-order valence-electron chi connectivity index (χ2n) is 5.47. The highest BCUT2D eigenvalue weighted by molar-refractivity contribution is 6.31. The lowest BCUT2D eigenvalue weighted by atomic mass is 10.0. The lowest BCUT2D eigenvalue weighted by Crippen LogP contribution is -2.48. The smallest absolute Gasteiger partial charge is 0.254 e. The summed E-state index contributed by atoms with van der Waals surface area (Å²) in [7, 11) is 0. The Balaban J connectivity index is 1.90. The van der Waals surface area contributed by atoms with Crippen molar-refractivity contribution in [1.29, 1.82) is 0 Å². The van der Waals surface area contributed by atoms with Crippen molar-refractivity contribution in [3.63, 3.8) is 0 Å². The van der Waals surface area contributed by atoms with Crippen molar-refractivity contribution in [2.45, 2.75) is 13.0 Å². The fourth-order valence-corrected chi connectivity index (χ4v) is 2.88. The summed E-state index contributed by atoms with van der Waals surface area (Å²) in [4.78, 5) is 19.0. The molecule has 0 spiro atoms. The van der Waals surface area contributed by atoms with E-state index in [9.17, 15) is 4.79 Å². The first kappa shape index (κ1) is 15.0. The van der Waals surface area contributed by atoms with Crippen molar-refractivity contribution < 1.29 is 4.79 Å². The number of pyridine rings is 1. The zero-order valence-corrected chi connectivity index (χ0v) is 13.2. The van der Waals surface area contributed by atoms with Gasteiger partial charge in [-0.05, 0) is 42.3 Å². The van der Waals surface area contributed by atoms with Crippen molar-refractivity contribution in [3.05, 3.63) is 64.4 Å². The van der Waals surface area contributed by atoms with Crippen molar-refractivity contribution in [1.82, 2.24) is 15.2 Å². The molecule has 3 rings (SSSR count). The molecule has 1 amide bonds. The highest BCUT2D eigenvalue weighted by Gasteiger charge is 2.28.